The maximum absolute atomic E-state index is 6.91. The van der Waals surface area contributed by atoms with Crippen molar-refractivity contribution in [3.05, 3.63) is 212 Å². The average Bonchev–Trinajstić information content (AvgIpc) is 4.04. The van der Waals surface area contributed by atoms with Gasteiger partial charge in [0.1, 0.15) is 27.9 Å². The van der Waals surface area contributed by atoms with E-state index in [2.05, 4.69) is 193 Å². The molecule has 3 heterocycles. The number of rotatable bonds is 6. The van der Waals surface area contributed by atoms with E-state index >= 15 is 0 Å². The number of anilines is 3. The van der Waals surface area contributed by atoms with Crippen molar-refractivity contribution in [2.75, 3.05) is 4.90 Å². The number of para-hydroxylation sites is 4. The van der Waals surface area contributed by atoms with Crippen molar-refractivity contribution in [1.29, 1.82) is 0 Å². The van der Waals surface area contributed by atoms with E-state index in [1.807, 2.05) is 24.3 Å². The SMILES string of the molecule is c1ccc(-c2ccc(N(c3cc4oc5c6ccccc6ccc5c4cc3-c3ccc(-c4cccc5c4oc4ccccc45)cc3)c3cccc4c3oc3ccccc34)cc2)cc1. The lowest BCUT2D eigenvalue weighted by atomic mass is 9.95. The number of fused-ring (bicyclic) bond motifs is 11. The van der Waals surface area contributed by atoms with E-state index in [9.17, 15) is 0 Å². The second-order valence-corrected chi connectivity index (χ2v) is 16.0. The lowest BCUT2D eigenvalue weighted by Gasteiger charge is -2.28. The van der Waals surface area contributed by atoms with Crippen LogP contribution in [0.1, 0.15) is 0 Å². The molecular formula is C58H35NO3. The molecule has 0 spiro atoms. The molecule has 4 nitrogen and oxygen atoms in total. The summed E-state index contributed by atoms with van der Waals surface area (Å²) in [7, 11) is 0. The molecule has 62 heavy (non-hydrogen) atoms. The van der Waals surface area contributed by atoms with E-state index in [1.54, 1.807) is 0 Å². The zero-order chi connectivity index (χ0) is 40.7. The molecule has 0 atom stereocenters. The van der Waals surface area contributed by atoms with Gasteiger partial charge in [-0.25, -0.2) is 0 Å². The van der Waals surface area contributed by atoms with Gasteiger partial charge in [-0.1, -0.05) is 164 Å². The summed E-state index contributed by atoms with van der Waals surface area (Å²) in [6.07, 6.45) is 0. The lowest BCUT2D eigenvalue weighted by molar-refractivity contribution is 0.668. The van der Waals surface area contributed by atoms with Crippen molar-refractivity contribution < 1.29 is 13.3 Å². The minimum atomic E-state index is 0.811. The Morgan fingerprint density at radius 2 is 0.823 bits per heavy atom. The molecule has 0 saturated heterocycles. The fourth-order valence-corrected chi connectivity index (χ4v) is 9.51. The molecule has 13 aromatic rings. The van der Waals surface area contributed by atoms with Crippen LogP contribution in [0, 0.1) is 0 Å². The van der Waals surface area contributed by atoms with Gasteiger partial charge in [-0.2, -0.15) is 0 Å². The molecule has 10 aromatic carbocycles. The van der Waals surface area contributed by atoms with E-state index in [4.69, 9.17) is 13.3 Å². The van der Waals surface area contributed by atoms with Gasteiger partial charge in [0.2, 0.25) is 0 Å². The van der Waals surface area contributed by atoms with Gasteiger partial charge < -0.3 is 18.2 Å². The summed E-state index contributed by atoms with van der Waals surface area (Å²) in [6, 6.07) is 75.0. The Bertz CT molecular complexity index is 3850. The van der Waals surface area contributed by atoms with Crippen LogP contribution in [0.25, 0.3) is 110 Å². The zero-order valence-corrected chi connectivity index (χ0v) is 33.4. The Kier molecular flexibility index (Phi) is 7.57. The smallest absolute Gasteiger partial charge is 0.159 e. The summed E-state index contributed by atoms with van der Waals surface area (Å²) in [5.41, 5.74) is 14.6. The minimum Gasteiger partial charge on any atom is -0.455 e. The van der Waals surface area contributed by atoms with Crippen molar-refractivity contribution in [3.8, 4) is 33.4 Å². The molecule has 0 N–H and O–H groups in total. The van der Waals surface area contributed by atoms with Gasteiger partial charge in [-0.15, -0.1) is 0 Å². The molecule has 0 amide bonds. The van der Waals surface area contributed by atoms with Crippen molar-refractivity contribution in [2.45, 2.75) is 0 Å². The third kappa shape index (κ3) is 5.33. The van der Waals surface area contributed by atoms with Crippen LogP contribution in [0.5, 0.6) is 0 Å². The van der Waals surface area contributed by atoms with Crippen molar-refractivity contribution in [2.24, 2.45) is 0 Å². The number of furan rings is 3. The van der Waals surface area contributed by atoms with E-state index in [-0.39, 0.29) is 0 Å². The fourth-order valence-electron chi connectivity index (χ4n) is 9.51. The molecule has 0 aliphatic carbocycles. The van der Waals surface area contributed by atoms with Gasteiger partial charge in [-0.3, -0.25) is 0 Å². The third-order valence-corrected chi connectivity index (χ3v) is 12.5. The highest BCUT2D eigenvalue weighted by Gasteiger charge is 2.25. The number of nitrogens with zero attached hydrogens (tertiary/aromatic N) is 1. The maximum atomic E-state index is 6.91. The van der Waals surface area contributed by atoms with Crippen molar-refractivity contribution >= 4 is 93.7 Å². The van der Waals surface area contributed by atoms with Crippen LogP contribution in [0.2, 0.25) is 0 Å². The highest BCUT2D eigenvalue weighted by Crippen LogP contribution is 2.49. The van der Waals surface area contributed by atoms with Crippen molar-refractivity contribution in [1.82, 2.24) is 0 Å². The topological polar surface area (TPSA) is 42.7 Å². The predicted molar refractivity (Wildman–Crippen MR) is 257 cm³/mol. The summed E-state index contributed by atoms with van der Waals surface area (Å²) >= 11 is 0. The molecule has 0 unspecified atom stereocenters. The second kappa shape index (κ2) is 13.6. The van der Waals surface area contributed by atoms with Crippen LogP contribution in [-0.4, -0.2) is 0 Å². The largest absolute Gasteiger partial charge is 0.455 e. The summed E-state index contributed by atoms with van der Waals surface area (Å²) in [4.78, 5) is 2.34. The highest BCUT2D eigenvalue weighted by molar-refractivity contribution is 6.18. The van der Waals surface area contributed by atoms with Gasteiger partial charge in [0, 0.05) is 60.6 Å². The summed E-state index contributed by atoms with van der Waals surface area (Å²) < 4.78 is 20.2. The quantitative estimate of drug-likeness (QED) is 0.168. The van der Waals surface area contributed by atoms with Gasteiger partial charge >= 0.3 is 0 Å². The Balaban J connectivity index is 1.07. The van der Waals surface area contributed by atoms with Crippen LogP contribution in [-0.2, 0) is 0 Å². The Hall–Kier alpha value is -8.34. The predicted octanol–water partition coefficient (Wildman–Crippen LogP) is 17.0. The standard InChI is InChI=1S/C58H35NO3/c1-2-12-36(13-3-1)37-28-31-41(32-29-37)59(51-21-11-20-47-45-17-7-9-23-54(45)61-58(47)51)52-35-55-50(48-33-30-38-14-4-5-15-42(38)57(48)62-55)34-49(52)40-26-24-39(25-27-40)43-18-10-19-46-44-16-6-8-22-53(44)60-56(43)46/h1-35H. The first-order valence-electron chi connectivity index (χ1n) is 21.0. The molecule has 13 rings (SSSR count). The zero-order valence-electron chi connectivity index (χ0n) is 33.4. The lowest BCUT2D eigenvalue weighted by Crippen LogP contribution is -2.11. The Morgan fingerprint density at radius 3 is 1.58 bits per heavy atom. The van der Waals surface area contributed by atoms with E-state index < -0.39 is 0 Å². The minimum absolute atomic E-state index is 0.811. The molecule has 0 saturated carbocycles. The maximum Gasteiger partial charge on any atom is 0.159 e. The molecule has 290 valence electrons. The van der Waals surface area contributed by atoms with Crippen LogP contribution in [0.3, 0.4) is 0 Å². The van der Waals surface area contributed by atoms with Gasteiger partial charge in [0.15, 0.2) is 5.58 Å². The van der Waals surface area contributed by atoms with E-state index in [0.29, 0.717) is 0 Å². The molecule has 4 heteroatoms. The first kappa shape index (κ1) is 34.5. The average molecular weight is 794 g/mol. The van der Waals surface area contributed by atoms with Crippen LogP contribution >= 0.6 is 0 Å². The summed E-state index contributed by atoms with van der Waals surface area (Å²) in [5, 5.41) is 8.75. The van der Waals surface area contributed by atoms with Crippen molar-refractivity contribution in [3.63, 3.8) is 0 Å². The molecule has 0 bridgehead atoms. The van der Waals surface area contributed by atoms with E-state index in [0.717, 1.165) is 121 Å². The van der Waals surface area contributed by atoms with Gasteiger partial charge in [0.05, 0.1) is 11.4 Å². The Labute approximate surface area is 356 Å². The molecular weight excluding hydrogens is 759 g/mol. The normalized spacial score (nSPS) is 11.9. The third-order valence-electron chi connectivity index (χ3n) is 12.5. The molecule has 0 fully saturated rings. The first-order chi connectivity index (χ1) is 30.7. The highest BCUT2D eigenvalue weighted by atomic mass is 16.3. The molecule has 0 radical (unpaired) electrons. The summed E-state index contributed by atoms with van der Waals surface area (Å²) in [5.74, 6) is 0. The molecule has 0 aliphatic heterocycles. The molecule has 3 aromatic heterocycles. The first-order valence-corrected chi connectivity index (χ1v) is 21.0. The number of hydrogen-bond donors (Lipinski definition) is 0. The molecule has 0 aliphatic rings. The van der Waals surface area contributed by atoms with Crippen LogP contribution < -0.4 is 4.90 Å². The van der Waals surface area contributed by atoms with Gasteiger partial charge in [0.25, 0.3) is 0 Å². The monoisotopic (exact) mass is 793 g/mol. The summed E-state index contributed by atoms with van der Waals surface area (Å²) in [6.45, 7) is 0. The second-order valence-electron chi connectivity index (χ2n) is 16.0. The number of benzene rings is 10. The van der Waals surface area contributed by atoms with Crippen LogP contribution in [0.4, 0.5) is 17.1 Å². The van der Waals surface area contributed by atoms with E-state index in [1.165, 1.54) is 5.56 Å². The Morgan fingerprint density at radius 1 is 0.274 bits per heavy atom. The number of hydrogen-bond acceptors (Lipinski definition) is 4. The fraction of sp³-hybridized carbons (Fsp3) is 0. The van der Waals surface area contributed by atoms with Gasteiger partial charge in [-0.05, 0) is 70.1 Å². The van der Waals surface area contributed by atoms with Crippen LogP contribution in [0.15, 0.2) is 226 Å².